The summed E-state index contributed by atoms with van der Waals surface area (Å²) in [5.41, 5.74) is 6.54. The van der Waals surface area contributed by atoms with Crippen molar-refractivity contribution in [1.29, 1.82) is 0 Å². The van der Waals surface area contributed by atoms with Gasteiger partial charge in [0, 0.05) is 49.0 Å². The molecule has 0 radical (unpaired) electrons. The molecule has 0 aliphatic carbocycles. The molecule has 0 bridgehead atoms. The van der Waals surface area contributed by atoms with Crippen LogP contribution in [0.3, 0.4) is 0 Å². The fourth-order valence-electron chi connectivity index (χ4n) is 6.57. The summed E-state index contributed by atoms with van der Waals surface area (Å²) in [5, 5.41) is 3.74. The number of benzene rings is 3. The van der Waals surface area contributed by atoms with Crippen molar-refractivity contribution in [2.45, 2.75) is 70.6 Å². The van der Waals surface area contributed by atoms with E-state index in [9.17, 15) is 9.59 Å². The summed E-state index contributed by atoms with van der Waals surface area (Å²) in [6.45, 7) is 8.62. The van der Waals surface area contributed by atoms with Crippen LogP contribution in [-0.2, 0) is 16.1 Å². The van der Waals surface area contributed by atoms with Crippen molar-refractivity contribution in [2.24, 2.45) is 0 Å². The summed E-state index contributed by atoms with van der Waals surface area (Å²) in [4.78, 5) is 34.0. The smallest absolute Gasteiger partial charge is 0.410 e. The van der Waals surface area contributed by atoms with E-state index in [2.05, 4.69) is 41.7 Å². The van der Waals surface area contributed by atoms with Gasteiger partial charge in [0.15, 0.2) is 0 Å². The molecular weight excluding hydrogens is 628 g/mol. The first-order chi connectivity index (χ1) is 24.1. The summed E-state index contributed by atoms with van der Waals surface area (Å²) in [6.07, 6.45) is 2.94. The lowest BCUT2D eigenvalue weighted by molar-refractivity contribution is 0.0210. The molecule has 2 saturated heterocycles. The third-order valence-electron chi connectivity index (χ3n) is 9.36. The van der Waals surface area contributed by atoms with Gasteiger partial charge in [0.05, 0.1) is 18.5 Å². The third-order valence-corrected chi connectivity index (χ3v) is 9.36. The van der Waals surface area contributed by atoms with Crippen LogP contribution in [0.5, 0.6) is 5.75 Å². The van der Waals surface area contributed by atoms with Crippen molar-refractivity contribution in [2.75, 3.05) is 38.6 Å². The number of piperidine rings is 2. The van der Waals surface area contributed by atoms with Crippen LogP contribution in [0.4, 0.5) is 15.3 Å². The molecule has 4 aromatic rings. The molecule has 1 aromatic heterocycles. The van der Waals surface area contributed by atoms with Gasteiger partial charge in [0.1, 0.15) is 18.0 Å². The number of nitrogens with zero attached hydrogens (tertiary/aromatic N) is 3. The number of ether oxygens (including phenoxy) is 3. The van der Waals surface area contributed by atoms with Gasteiger partial charge in [-0.1, -0.05) is 54.6 Å². The molecule has 0 unspecified atom stereocenters. The largest absolute Gasteiger partial charge is 0.497 e. The Bertz CT molecular complexity index is 1720. The van der Waals surface area contributed by atoms with Crippen LogP contribution in [0.25, 0.3) is 22.5 Å². The lowest BCUT2D eigenvalue weighted by Crippen LogP contribution is -2.44. The lowest BCUT2D eigenvalue weighted by atomic mass is 9.89. The molecule has 2 fully saturated rings. The van der Waals surface area contributed by atoms with Crippen LogP contribution in [0.1, 0.15) is 63.5 Å². The number of methoxy groups -OCH3 is 1. The fraction of sp³-hybridized carbons (Fsp3) is 0.390. The normalized spacial score (nSPS) is 15.8. The van der Waals surface area contributed by atoms with Crippen molar-refractivity contribution in [1.82, 2.24) is 14.8 Å². The minimum absolute atomic E-state index is 0.219. The second kappa shape index (κ2) is 15.7. The molecule has 9 nitrogen and oxygen atoms in total. The Morgan fingerprint density at radius 2 is 1.32 bits per heavy atom. The van der Waals surface area contributed by atoms with Gasteiger partial charge < -0.3 is 29.3 Å². The Morgan fingerprint density at radius 3 is 1.90 bits per heavy atom. The monoisotopic (exact) mass is 676 g/mol. The van der Waals surface area contributed by atoms with Gasteiger partial charge in [0.2, 0.25) is 0 Å². The second-order valence-corrected chi connectivity index (χ2v) is 14.2. The highest BCUT2D eigenvalue weighted by Gasteiger charge is 2.28. The molecule has 3 aromatic carbocycles. The number of hydrogen-bond donors (Lipinski definition) is 1. The van der Waals surface area contributed by atoms with Crippen molar-refractivity contribution in [3.8, 4) is 28.3 Å². The van der Waals surface area contributed by atoms with Crippen LogP contribution >= 0.6 is 0 Å². The van der Waals surface area contributed by atoms with Crippen LogP contribution in [0, 0.1) is 0 Å². The summed E-state index contributed by atoms with van der Waals surface area (Å²) < 4.78 is 16.5. The van der Waals surface area contributed by atoms with E-state index >= 15 is 0 Å². The molecule has 0 saturated carbocycles. The second-order valence-electron chi connectivity index (χ2n) is 14.2. The fourth-order valence-corrected chi connectivity index (χ4v) is 6.57. The van der Waals surface area contributed by atoms with Crippen molar-refractivity contribution < 1.29 is 23.8 Å². The first kappa shape index (κ1) is 34.8. The molecular formula is C41H48N4O5. The Kier molecular flexibility index (Phi) is 10.9. The summed E-state index contributed by atoms with van der Waals surface area (Å²) in [7, 11) is 1.66. The zero-order valence-corrected chi connectivity index (χ0v) is 29.6. The molecule has 0 atom stereocenters. The van der Waals surface area contributed by atoms with E-state index in [4.69, 9.17) is 19.2 Å². The van der Waals surface area contributed by atoms with E-state index in [1.165, 1.54) is 5.56 Å². The van der Waals surface area contributed by atoms with Gasteiger partial charge in [-0.25, -0.2) is 14.6 Å². The highest BCUT2D eigenvalue weighted by molar-refractivity contribution is 5.73. The van der Waals surface area contributed by atoms with Crippen molar-refractivity contribution >= 4 is 17.9 Å². The number of likely N-dealkylation sites (tertiary alicyclic amines) is 2. The van der Waals surface area contributed by atoms with Crippen LogP contribution in [0.2, 0.25) is 0 Å². The minimum atomic E-state index is -0.508. The Balaban J connectivity index is 1.12. The number of rotatable bonds is 8. The molecule has 2 aliphatic rings. The van der Waals surface area contributed by atoms with Gasteiger partial charge in [-0.15, -0.1) is 0 Å². The highest BCUT2D eigenvalue weighted by Crippen LogP contribution is 2.33. The van der Waals surface area contributed by atoms with E-state index in [0.29, 0.717) is 38.7 Å². The molecule has 9 heteroatoms. The molecule has 2 aliphatic heterocycles. The van der Waals surface area contributed by atoms with E-state index < -0.39 is 5.60 Å². The van der Waals surface area contributed by atoms with Crippen LogP contribution in [0.15, 0.2) is 91.0 Å². The summed E-state index contributed by atoms with van der Waals surface area (Å²) >= 11 is 0. The highest BCUT2D eigenvalue weighted by atomic mass is 16.6. The van der Waals surface area contributed by atoms with E-state index in [-0.39, 0.29) is 18.2 Å². The Labute approximate surface area is 295 Å². The number of aromatic nitrogens is 1. The predicted octanol–water partition coefficient (Wildman–Crippen LogP) is 8.75. The quantitative estimate of drug-likeness (QED) is 0.200. The number of amides is 2. The predicted molar refractivity (Wildman–Crippen MR) is 196 cm³/mol. The van der Waals surface area contributed by atoms with E-state index in [1.807, 2.05) is 80.3 Å². The number of nitrogens with one attached hydrogen (secondary N) is 1. The molecule has 2 amide bonds. The summed E-state index contributed by atoms with van der Waals surface area (Å²) in [6, 6.07) is 30.9. The summed E-state index contributed by atoms with van der Waals surface area (Å²) in [5.74, 6) is 1.18. The van der Waals surface area contributed by atoms with E-state index in [1.54, 1.807) is 12.0 Å². The number of pyridine rings is 1. The average molecular weight is 677 g/mol. The zero-order chi connectivity index (χ0) is 35.1. The number of carbonyl (C=O) groups is 2. The number of hydrogen-bond acceptors (Lipinski definition) is 7. The minimum Gasteiger partial charge on any atom is -0.497 e. The van der Waals surface area contributed by atoms with Crippen LogP contribution < -0.4 is 10.1 Å². The maximum atomic E-state index is 12.7. The number of carbonyl (C=O) groups excluding carboxylic acids is 2. The van der Waals surface area contributed by atoms with Gasteiger partial charge in [-0.05, 0) is 99.9 Å². The number of anilines is 1. The zero-order valence-electron chi connectivity index (χ0n) is 29.6. The SMILES string of the molecule is COc1ccc(-c2cc(NC3CCN(C(=O)OC(C)(C)C)CC3)cc(-c3ccc(C4CCN(C(=O)OCc5ccccc5)CC4)cc3)n2)cc1. The standard InChI is InChI=1S/C41H48N4O5/c1-41(2,3)50-40(47)45-24-20-34(21-25-45)42-35-26-37(43-38(27-35)33-14-16-36(48-4)17-15-33)32-12-10-30(11-13-32)31-18-22-44(23-19-31)39(46)49-28-29-8-6-5-7-9-29/h5-17,26-27,31,34H,18-25,28H2,1-4H3,(H,42,43). The van der Waals surface area contributed by atoms with E-state index in [0.717, 1.165) is 65.2 Å². The van der Waals surface area contributed by atoms with Crippen LogP contribution in [-0.4, -0.2) is 71.9 Å². The molecule has 0 spiro atoms. The van der Waals surface area contributed by atoms with Gasteiger partial charge >= 0.3 is 12.2 Å². The first-order valence-corrected chi connectivity index (χ1v) is 17.6. The topological polar surface area (TPSA) is 93.2 Å². The van der Waals surface area contributed by atoms with Crippen molar-refractivity contribution in [3.05, 3.63) is 102 Å². The maximum absolute atomic E-state index is 12.7. The first-order valence-electron chi connectivity index (χ1n) is 17.6. The van der Waals surface area contributed by atoms with Crippen molar-refractivity contribution in [3.63, 3.8) is 0 Å². The lowest BCUT2D eigenvalue weighted by Gasteiger charge is -2.34. The third kappa shape index (κ3) is 9.14. The Hall–Kier alpha value is -5.05. The Morgan fingerprint density at radius 1 is 0.760 bits per heavy atom. The molecule has 6 rings (SSSR count). The molecule has 262 valence electrons. The molecule has 50 heavy (non-hydrogen) atoms. The average Bonchev–Trinajstić information content (AvgIpc) is 3.14. The maximum Gasteiger partial charge on any atom is 0.410 e. The van der Waals surface area contributed by atoms with Gasteiger partial charge in [-0.3, -0.25) is 0 Å². The van der Waals surface area contributed by atoms with Gasteiger partial charge in [-0.2, -0.15) is 0 Å². The molecule has 1 N–H and O–H groups in total. The van der Waals surface area contributed by atoms with Gasteiger partial charge in [0.25, 0.3) is 0 Å². The molecule has 3 heterocycles.